The molecular weight excluding hydrogens is 476 g/mol. The van der Waals surface area contributed by atoms with Crippen molar-refractivity contribution in [3.05, 3.63) is 65.5 Å². The third kappa shape index (κ3) is 4.71. The van der Waals surface area contributed by atoms with Gasteiger partial charge in [-0.2, -0.15) is 0 Å². The van der Waals surface area contributed by atoms with E-state index in [0.717, 1.165) is 92.1 Å². The van der Waals surface area contributed by atoms with E-state index in [-0.39, 0.29) is 11.8 Å². The fraction of sp³-hybridized carbons (Fsp3) is 0.419. The first-order chi connectivity index (χ1) is 18.5. The van der Waals surface area contributed by atoms with E-state index in [4.69, 9.17) is 4.74 Å². The molecule has 0 bridgehead atoms. The summed E-state index contributed by atoms with van der Waals surface area (Å²) in [4.78, 5) is 29.4. The standard InChI is InChI=1S/C31H36N4O3/c1-21-9-14-33(15-10-21)31(37)23-3-8-29-27(19-23)28-20-34(25-12-17-38-18-13-25)16-11-30(28)35(29)26-6-4-24(5-7-26)32-22(2)36/h3-8,11,16,19,21,25H,9-10,12-15,17-18,20H2,1-2H3,(H,32,36). The minimum Gasteiger partial charge on any atom is -0.381 e. The van der Waals surface area contributed by atoms with Crippen LogP contribution < -0.4 is 5.32 Å². The summed E-state index contributed by atoms with van der Waals surface area (Å²) in [6, 6.07) is 14.6. The summed E-state index contributed by atoms with van der Waals surface area (Å²) in [5, 5.41) is 3.98. The Hall–Kier alpha value is -3.58. The molecule has 3 aliphatic heterocycles. The molecule has 7 nitrogen and oxygen atoms in total. The number of hydrogen-bond acceptors (Lipinski definition) is 4. The Morgan fingerprint density at radius 3 is 2.42 bits per heavy atom. The van der Waals surface area contributed by atoms with E-state index >= 15 is 0 Å². The van der Waals surface area contributed by atoms with Crippen LogP contribution in [-0.2, 0) is 16.1 Å². The molecule has 0 aliphatic carbocycles. The summed E-state index contributed by atoms with van der Waals surface area (Å²) in [6.45, 7) is 7.86. The fourth-order valence-electron chi connectivity index (χ4n) is 6.09. The molecule has 2 saturated heterocycles. The predicted molar refractivity (Wildman–Crippen MR) is 150 cm³/mol. The van der Waals surface area contributed by atoms with E-state index in [9.17, 15) is 9.59 Å². The van der Waals surface area contributed by atoms with Gasteiger partial charge in [0.1, 0.15) is 0 Å². The molecule has 0 unspecified atom stereocenters. The summed E-state index contributed by atoms with van der Waals surface area (Å²) in [7, 11) is 0. The number of aromatic nitrogens is 1. The van der Waals surface area contributed by atoms with Crippen molar-refractivity contribution in [1.29, 1.82) is 0 Å². The van der Waals surface area contributed by atoms with Gasteiger partial charge in [0, 0.05) is 79.9 Å². The molecular formula is C31H36N4O3. The van der Waals surface area contributed by atoms with Crippen molar-refractivity contribution in [3.63, 3.8) is 0 Å². The number of nitrogens with one attached hydrogen (secondary N) is 1. The maximum absolute atomic E-state index is 13.5. The molecule has 198 valence electrons. The van der Waals surface area contributed by atoms with Gasteiger partial charge in [-0.1, -0.05) is 6.92 Å². The number of fused-ring (bicyclic) bond motifs is 3. The molecule has 3 aromatic rings. The first kappa shape index (κ1) is 24.7. The van der Waals surface area contributed by atoms with Gasteiger partial charge in [0.05, 0.1) is 11.2 Å². The lowest BCUT2D eigenvalue weighted by atomic mass is 9.98. The molecule has 0 spiro atoms. The first-order valence-electron chi connectivity index (χ1n) is 13.8. The maximum Gasteiger partial charge on any atom is 0.253 e. The van der Waals surface area contributed by atoms with E-state index in [0.29, 0.717) is 12.0 Å². The topological polar surface area (TPSA) is 66.8 Å². The molecule has 0 atom stereocenters. The zero-order chi connectivity index (χ0) is 26.2. The number of piperidine rings is 1. The molecule has 0 radical (unpaired) electrons. The number of benzene rings is 2. The van der Waals surface area contributed by atoms with Crippen LogP contribution in [0.5, 0.6) is 0 Å². The Balaban J connectivity index is 1.41. The average molecular weight is 513 g/mol. The minimum absolute atomic E-state index is 0.0851. The van der Waals surface area contributed by atoms with E-state index < -0.39 is 0 Å². The number of amides is 2. The molecule has 1 aromatic heterocycles. The largest absolute Gasteiger partial charge is 0.381 e. The van der Waals surface area contributed by atoms with Crippen LogP contribution >= 0.6 is 0 Å². The van der Waals surface area contributed by atoms with Gasteiger partial charge in [-0.15, -0.1) is 0 Å². The van der Waals surface area contributed by atoms with Gasteiger partial charge >= 0.3 is 0 Å². The highest BCUT2D eigenvalue weighted by atomic mass is 16.5. The Morgan fingerprint density at radius 2 is 1.71 bits per heavy atom. The second kappa shape index (κ2) is 10.3. The number of rotatable bonds is 4. The van der Waals surface area contributed by atoms with Crippen molar-refractivity contribution in [2.45, 2.75) is 52.1 Å². The second-order valence-electron chi connectivity index (χ2n) is 11.0. The van der Waals surface area contributed by atoms with Gasteiger partial charge in [-0.25, -0.2) is 0 Å². The molecule has 4 heterocycles. The highest BCUT2D eigenvalue weighted by Gasteiger charge is 2.28. The zero-order valence-electron chi connectivity index (χ0n) is 22.3. The summed E-state index contributed by atoms with van der Waals surface area (Å²) in [5.41, 5.74) is 6.05. The van der Waals surface area contributed by atoms with Crippen LogP contribution in [0.25, 0.3) is 22.7 Å². The summed E-state index contributed by atoms with van der Waals surface area (Å²) < 4.78 is 7.88. The normalized spacial score (nSPS) is 18.6. The van der Waals surface area contributed by atoms with Crippen LogP contribution in [0.4, 0.5) is 5.69 Å². The van der Waals surface area contributed by atoms with Gasteiger partial charge in [0.2, 0.25) is 5.91 Å². The van der Waals surface area contributed by atoms with Crippen LogP contribution in [0.3, 0.4) is 0 Å². The number of hydrogen-bond donors (Lipinski definition) is 1. The van der Waals surface area contributed by atoms with Gasteiger partial charge in [0.15, 0.2) is 0 Å². The third-order valence-corrected chi connectivity index (χ3v) is 8.30. The quantitative estimate of drug-likeness (QED) is 0.507. The monoisotopic (exact) mass is 512 g/mol. The lowest BCUT2D eigenvalue weighted by Gasteiger charge is -2.35. The Bertz CT molecular complexity index is 1380. The van der Waals surface area contributed by atoms with Crippen molar-refractivity contribution < 1.29 is 14.3 Å². The van der Waals surface area contributed by atoms with Gasteiger partial charge in [-0.05, 0) is 80.1 Å². The molecule has 1 N–H and O–H groups in total. The number of carbonyl (C=O) groups excluding carboxylic acids is 2. The molecule has 2 aromatic carbocycles. The Morgan fingerprint density at radius 1 is 0.974 bits per heavy atom. The SMILES string of the molecule is CC(=O)Nc1ccc(-n2c3c(c4cc(C(=O)N5CCC(C)CC5)ccc42)CN(C2CCOCC2)C=C3)cc1. The van der Waals surface area contributed by atoms with E-state index in [1.807, 2.05) is 35.2 Å². The summed E-state index contributed by atoms with van der Waals surface area (Å²) >= 11 is 0. The van der Waals surface area contributed by atoms with Gasteiger partial charge < -0.3 is 24.4 Å². The number of carbonyl (C=O) groups is 2. The predicted octanol–water partition coefficient (Wildman–Crippen LogP) is 5.43. The maximum atomic E-state index is 13.5. The van der Waals surface area contributed by atoms with Crippen LogP contribution in [-0.4, -0.2) is 58.5 Å². The Labute approximate surface area is 224 Å². The summed E-state index contributed by atoms with van der Waals surface area (Å²) in [5.74, 6) is 0.730. The molecule has 3 aliphatic rings. The molecule has 38 heavy (non-hydrogen) atoms. The molecule has 2 amide bonds. The van der Waals surface area contributed by atoms with Gasteiger partial charge in [-0.3, -0.25) is 9.59 Å². The number of nitrogens with zero attached hydrogens (tertiary/aromatic N) is 3. The van der Waals surface area contributed by atoms with E-state index in [1.165, 1.54) is 12.5 Å². The fourth-order valence-corrected chi connectivity index (χ4v) is 6.09. The van der Waals surface area contributed by atoms with Gasteiger partial charge in [0.25, 0.3) is 5.91 Å². The number of likely N-dealkylation sites (tertiary alicyclic amines) is 1. The first-order valence-corrected chi connectivity index (χ1v) is 13.8. The van der Waals surface area contributed by atoms with E-state index in [1.54, 1.807) is 0 Å². The van der Waals surface area contributed by atoms with Crippen molar-refractivity contribution in [3.8, 4) is 5.69 Å². The van der Waals surface area contributed by atoms with Crippen molar-refractivity contribution in [2.75, 3.05) is 31.6 Å². The lowest BCUT2D eigenvalue weighted by Crippen LogP contribution is -2.37. The number of anilines is 1. The summed E-state index contributed by atoms with van der Waals surface area (Å²) in [6.07, 6.45) is 8.63. The van der Waals surface area contributed by atoms with E-state index in [2.05, 4.69) is 46.1 Å². The smallest absolute Gasteiger partial charge is 0.253 e. The molecule has 6 rings (SSSR count). The van der Waals surface area contributed by atoms with Crippen LogP contribution in [0, 0.1) is 5.92 Å². The van der Waals surface area contributed by atoms with Crippen LogP contribution in [0.1, 0.15) is 61.1 Å². The minimum atomic E-state index is -0.0851. The van der Waals surface area contributed by atoms with Crippen molar-refractivity contribution >= 4 is 34.5 Å². The highest BCUT2D eigenvalue weighted by Crippen LogP contribution is 2.36. The highest BCUT2D eigenvalue weighted by molar-refractivity contribution is 6.00. The molecule has 0 saturated carbocycles. The van der Waals surface area contributed by atoms with Crippen LogP contribution in [0.2, 0.25) is 0 Å². The third-order valence-electron chi connectivity index (χ3n) is 8.30. The van der Waals surface area contributed by atoms with Crippen LogP contribution in [0.15, 0.2) is 48.7 Å². The zero-order valence-corrected chi connectivity index (χ0v) is 22.3. The average Bonchev–Trinajstić information content (AvgIpc) is 3.27. The lowest BCUT2D eigenvalue weighted by molar-refractivity contribution is -0.114. The second-order valence-corrected chi connectivity index (χ2v) is 11.0. The molecule has 7 heteroatoms. The van der Waals surface area contributed by atoms with Crippen molar-refractivity contribution in [1.82, 2.24) is 14.4 Å². The molecule has 2 fully saturated rings. The van der Waals surface area contributed by atoms with Crippen molar-refractivity contribution in [2.24, 2.45) is 5.92 Å². The number of ether oxygens (including phenoxy) is 1. The Kier molecular flexibility index (Phi) is 6.70.